The van der Waals surface area contributed by atoms with Gasteiger partial charge in [0.15, 0.2) is 5.82 Å². The summed E-state index contributed by atoms with van der Waals surface area (Å²) in [6.07, 6.45) is 2.54. The van der Waals surface area contributed by atoms with Crippen LogP contribution in [-0.4, -0.2) is 9.97 Å². The Balaban J connectivity index is 1.71. The molecular weight excluding hydrogens is 372 g/mol. The Hall–Kier alpha value is -2.41. The number of thioether (sulfide) groups is 1. The van der Waals surface area contributed by atoms with Gasteiger partial charge in [0.05, 0.1) is 10.6 Å². The fourth-order valence-electron chi connectivity index (χ4n) is 3.71. The van der Waals surface area contributed by atoms with Gasteiger partial charge in [-0.2, -0.15) is 0 Å². The molecule has 3 N–H and O–H groups in total. The number of nitrogens with two attached hydrogens (primary N) is 1. The maximum atomic E-state index is 5.76. The molecule has 0 spiro atoms. The molecule has 3 heterocycles. The van der Waals surface area contributed by atoms with Gasteiger partial charge in [-0.1, -0.05) is 60.7 Å². The van der Waals surface area contributed by atoms with E-state index in [0.717, 1.165) is 16.6 Å². The molecule has 0 saturated heterocycles. The highest BCUT2D eigenvalue weighted by Gasteiger charge is 2.33. The second-order valence-electron chi connectivity index (χ2n) is 6.52. The SMILES string of the molecule is NNc1ncnc2sc3c(c12)CC(c1ccccc1)SC3c1ccccc1. The Morgan fingerprint density at radius 1 is 0.926 bits per heavy atom. The van der Waals surface area contributed by atoms with Crippen molar-refractivity contribution in [2.24, 2.45) is 5.84 Å². The van der Waals surface area contributed by atoms with Crippen molar-refractivity contribution in [2.75, 3.05) is 5.43 Å². The number of aromatic nitrogens is 2. The molecule has 2 aromatic carbocycles. The summed E-state index contributed by atoms with van der Waals surface area (Å²) >= 11 is 3.78. The van der Waals surface area contributed by atoms with Crippen molar-refractivity contribution in [3.8, 4) is 0 Å². The zero-order chi connectivity index (χ0) is 18.2. The largest absolute Gasteiger partial charge is 0.308 e. The van der Waals surface area contributed by atoms with Crippen LogP contribution in [0, 0.1) is 0 Å². The molecule has 2 aromatic heterocycles. The van der Waals surface area contributed by atoms with Gasteiger partial charge in [-0.05, 0) is 23.1 Å². The number of nitrogens with zero attached hydrogens (tertiary/aromatic N) is 2. The topological polar surface area (TPSA) is 63.8 Å². The molecule has 0 fully saturated rings. The number of hydrogen-bond acceptors (Lipinski definition) is 6. The van der Waals surface area contributed by atoms with E-state index in [9.17, 15) is 0 Å². The molecule has 4 nitrogen and oxygen atoms in total. The molecular formula is C21H18N4S2. The molecule has 0 bridgehead atoms. The maximum absolute atomic E-state index is 5.76. The second kappa shape index (κ2) is 6.96. The van der Waals surface area contributed by atoms with Crippen LogP contribution in [0.4, 0.5) is 5.82 Å². The average molecular weight is 391 g/mol. The van der Waals surface area contributed by atoms with Crippen LogP contribution in [0.25, 0.3) is 10.2 Å². The van der Waals surface area contributed by atoms with Crippen LogP contribution < -0.4 is 11.3 Å². The van der Waals surface area contributed by atoms with Gasteiger partial charge in [0, 0.05) is 10.1 Å². The molecule has 134 valence electrons. The third-order valence-electron chi connectivity index (χ3n) is 4.96. The Kier molecular flexibility index (Phi) is 4.32. The fourth-order valence-corrected chi connectivity index (χ4v) is 6.69. The first-order valence-corrected chi connectivity index (χ1v) is 10.6. The number of anilines is 1. The van der Waals surface area contributed by atoms with Gasteiger partial charge in [-0.15, -0.1) is 23.1 Å². The summed E-state index contributed by atoms with van der Waals surface area (Å²) in [5.74, 6) is 6.47. The highest BCUT2D eigenvalue weighted by atomic mass is 32.2. The van der Waals surface area contributed by atoms with Crippen LogP contribution in [0.1, 0.15) is 32.1 Å². The smallest absolute Gasteiger partial charge is 0.152 e. The number of hydrazine groups is 1. The lowest BCUT2D eigenvalue weighted by Crippen LogP contribution is -2.13. The van der Waals surface area contributed by atoms with Gasteiger partial charge in [0.2, 0.25) is 0 Å². The summed E-state index contributed by atoms with van der Waals surface area (Å²) in [5.41, 5.74) is 6.77. The predicted molar refractivity (Wildman–Crippen MR) is 114 cm³/mol. The maximum Gasteiger partial charge on any atom is 0.152 e. The van der Waals surface area contributed by atoms with Crippen molar-refractivity contribution in [1.82, 2.24) is 9.97 Å². The molecule has 1 aliphatic heterocycles. The summed E-state index contributed by atoms with van der Waals surface area (Å²) in [6.45, 7) is 0. The monoisotopic (exact) mass is 390 g/mol. The molecule has 27 heavy (non-hydrogen) atoms. The molecule has 0 saturated carbocycles. The molecule has 0 radical (unpaired) electrons. The molecule has 5 rings (SSSR count). The first kappa shape index (κ1) is 16.7. The van der Waals surface area contributed by atoms with Crippen LogP contribution in [0.5, 0.6) is 0 Å². The molecule has 4 aromatic rings. The highest BCUT2D eigenvalue weighted by molar-refractivity contribution is 8.00. The van der Waals surface area contributed by atoms with Crippen LogP contribution in [0.3, 0.4) is 0 Å². The Morgan fingerprint density at radius 3 is 2.33 bits per heavy atom. The standard InChI is InChI=1S/C21H18N4S2/c22-25-20-17-15-11-16(13-7-3-1-4-8-13)26-18(14-9-5-2-6-10-14)19(15)27-21(17)24-12-23-20/h1-10,12,16,18H,11,22H2,(H,23,24,25). The fraction of sp³-hybridized carbons (Fsp3) is 0.143. The van der Waals surface area contributed by atoms with E-state index in [4.69, 9.17) is 5.84 Å². The van der Waals surface area contributed by atoms with Gasteiger partial charge in [-0.25, -0.2) is 15.8 Å². The molecule has 2 unspecified atom stereocenters. The van der Waals surface area contributed by atoms with E-state index in [2.05, 4.69) is 76.1 Å². The van der Waals surface area contributed by atoms with Gasteiger partial charge in [0.1, 0.15) is 11.2 Å². The van der Waals surface area contributed by atoms with Crippen LogP contribution in [0.2, 0.25) is 0 Å². The molecule has 1 aliphatic rings. The molecule has 0 amide bonds. The van der Waals surface area contributed by atoms with Crippen LogP contribution in [-0.2, 0) is 6.42 Å². The number of nitrogens with one attached hydrogen (secondary N) is 1. The zero-order valence-electron chi connectivity index (χ0n) is 14.5. The number of thiophene rings is 1. The molecule has 2 atom stereocenters. The van der Waals surface area contributed by atoms with Crippen LogP contribution >= 0.6 is 23.1 Å². The normalized spacial score (nSPS) is 19.0. The van der Waals surface area contributed by atoms with Crippen molar-refractivity contribution in [2.45, 2.75) is 16.9 Å². The van der Waals surface area contributed by atoms with Gasteiger partial charge >= 0.3 is 0 Å². The lowest BCUT2D eigenvalue weighted by Gasteiger charge is -2.30. The van der Waals surface area contributed by atoms with E-state index in [1.807, 2.05) is 11.8 Å². The number of rotatable bonds is 3. The van der Waals surface area contributed by atoms with Gasteiger partial charge in [-0.3, -0.25) is 0 Å². The zero-order valence-corrected chi connectivity index (χ0v) is 16.1. The predicted octanol–water partition coefficient (Wildman–Crippen LogP) is 5.10. The number of fused-ring (bicyclic) bond motifs is 3. The summed E-state index contributed by atoms with van der Waals surface area (Å²) in [7, 11) is 0. The van der Waals surface area contributed by atoms with Crippen molar-refractivity contribution < 1.29 is 0 Å². The van der Waals surface area contributed by atoms with E-state index in [1.54, 1.807) is 17.7 Å². The average Bonchev–Trinajstić information content (AvgIpc) is 3.13. The van der Waals surface area contributed by atoms with Gasteiger partial charge in [0.25, 0.3) is 0 Å². The third kappa shape index (κ3) is 2.90. The van der Waals surface area contributed by atoms with Crippen molar-refractivity contribution in [1.29, 1.82) is 0 Å². The summed E-state index contributed by atoms with van der Waals surface area (Å²) in [6, 6.07) is 21.5. The Labute approximate surface area is 165 Å². The lowest BCUT2D eigenvalue weighted by atomic mass is 9.98. The number of benzene rings is 2. The number of nitrogen functional groups attached to an aromatic ring is 1. The van der Waals surface area contributed by atoms with E-state index >= 15 is 0 Å². The molecule has 0 aliphatic carbocycles. The minimum atomic E-state index is 0.282. The summed E-state index contributed by atoms with van der Waals surface area (Å²) in [5, 5.41) is 1.74. The Morgan fingerprint density at radius 2 is 1.63 bits per heavy atom. The van der Waals surface area contributed by atoms with Crippen molar-refractivity contribution in [3.63, 3.8) is 0 Å². The summed E-state index contributed by atoms with van der Waals surface area (Å²) in [4.78, 5) is 11.2. The van der Waals surface area contributed by atoms with E-state index in [0.29, 0.717) is 11.1 Å². The quantitative estimate of drug-likeness (QED) is 0.376. The minimum Gasteiger partial charge on any atom is -0.308 e. The van der Waals surface area contributed by atoms with Crippen LogP contribution in [0.15, 0.2) is 67.0 Å². The van der Waals surface area contributed by atoms with Crippen molar-refractivity contribution in [3.05, 3.63) is 88.6 Å². The minimum absolute atomic E-state index is 0.282. The summed E-state index contributed by atoms with van der Waals surface area (Å²) < 4.78 is 0. The number of hydrogen-bond donors (Lipinski definition) is 2. The van der Waals surface area contributed by atoms with E-state index in [1.165, 1.54) is 21.6 Å². The Bertz CT molecular complexity index is 1080. The van der Waals surface area contributed by atoms with Crippen molar-refractivity contribution >= 4 is 39.1 Å². The highest BCUT2D eigenvalue weighted by Crippen LogP contribution is 2.55. The first-order valence-electron chi connectivity index (χ1n) is 8.83. The second-order valence-corrected chi connectivity index (χ2v) is 8.87. The lowest BCUT2D eigenvalue weighted by molar-refractivity contribution is 0.894. The van der Waals surface area contributed by atoms with E-state index in [-0.39, 0.29) is 5.25 Å². The van der Waals surface area contributed by atoms with E-state index < -0.39 is 0 Å². The molecule has 6 heteroatoms. The third-order valence-corrected chi connectivity index (χ3v) is 7.86. The van der Waals surface area contributed by atoms with Gasteiger partial charge < -0.3 is 5.43 Å². The first-order chi connectivity index (χ1) is 13.3.